The van der Waals surface area contributed by atoms with Crippen LogP contribution in [-0.4, -0.2) is 38.9 Å². The van der Waals surface area contributed by atoms with Gasteiger partial charge in [-0.1, -0.05) is 30.0 Å². The Morgan fingerprint density at radius 1 is 1.09 bits per heavy atom. The Kier molecular flexibility index (Phi) is 7.69. The maximum Gasteiger partial charge on any atom is 0.416 e. The summed E-state index contributed by atoms with van der Waals surface area (Å²) in [5, 5.41) is 13.4. The van der Waals surface area contributed by atoms with Crippen LogP contribution < -0.4 is 10.6 Å². The summed E-state index contributed by atoms with van der Waals surface area (Å²) in [5.74, 6) is -1.22. The first-order chi connectivity index (χ1) is 15.6. The number of hydrogen-bond acceptors (Lipinski definition) is 5. The Morgan fingerprint density at radius 3 is 2.58 bits per heavy atom. The number of thioether (sulfide) groups is 1. The van der Waals surface area contributed by atoms with Gasteiger partial charge < -0.3 is 15.2 Å². The Morgan fingerprint density at radius 2 is 1.85 bits per heavy atom. The van der Waals surface area contributed by atoms with Gasteiger partial charge in [0.05, 0.1) is 16.9 Å². The smallest absolute Gasteiger partial charge is 0.351 e. The highest BCUT2D eigenvalue weighted by molar-refractivity contribution is 7.99. The Hall–Kier alpha value is -3.41. The normalized spacial score (nSPS) is 11.3. The monoisotopic (exact) mass is 481 g/mol. The number of amides is 2. The molecule has 3 rings (SSSR count). The molecule has 0 aliphatic heterocycles. The van der Waals surface area contributed by atoms with Gasteiger partial charge in [0, 0.05) is 25.7 Å². The molecule has 1 heterocycles. The Balaban J connectivity index is 1.49. The van der Waals surface area contributed by atoms with Gasteiger partial charge in [0.1, 0.15) is 11.6 Å². The van der Waals surface area contributed by atoms with E-state index in [2.05, 4.69) is 20.8 Å². The number of carbonyl (C=O) groups is 2. The van der Waals surface area contributed by atoms with E-state index in [4.69, 9.17) is 0 Å². The molecular formula is C21H19F4N5O2S. The zero-order valence-electron chi connectivity index (χ0n) is 17.3. The van der Waals surface area contributed by atoms with Crippen molar-refractivity contribution in [1.82, 2.24) is 20.1 Å². The topological polar surface area (TPSA) is 88.9 Å². The molecule has 0 aliphatic rings. The van der Waals surface area contributed by atoms with Gasteiger partial charge in [0.25, 0.3) is 5.91 Å². The highest BCUT2D eigenvalue weighted by atomic mass is 32.2. The van der Waals surface area contributed by atoms with Gasteiger partial charge in [0.2, 0.25) is 5.91 Å². The summed E-state index contributed by atoms with van der Waals surface area (Å²) in [6, 6.07) is 10.00. The second-order valence-electron chi connectivity index (χ2n) is 6.86. The number of alkyl halides is 3. The molecule has 0 saturated carbocycles. The molecule has 1 aromatic heterocycles. The van der Waals surface area contributed by atoms with E-state index in [9.17, 15) is 27.2 Å². The molecule has 0 spiro atoms. The van der Waals surface area contributed by atoms with E-state index in [1.807, 2.05) is 0 Å². The van der Waals surface area contributed by atoms with E-state index in [1.54, 1.807) is 17.7 Å². The van der Waals surface area contributed by atoms with Crippen molar-refractivity contribution in [1.29, 1.82) is 0 Å². The lowest BCUT2D eigenvalue weighted by molar-refractivity contribution is -0.137. The minimum absolute atomic E-state index is 0.0414. The summed E-state index contributed by atoms with van der Waals surface area (Å²) in [5.41, 5.74) is -0.869. The van der Waals surface area contributed by atoms with Gasteiger partial charge >= 0.3 is 6.18 Å². The highest BCUT2D eigenvalue weighted by Gasteiger charge is 2.30. The second kappa shape index (κ2) is 10.5. The van der Waals surface area contributed by atoms with Crippen LogP contribution in [0.1, 0.15) is 21.7 Å². The lowest BCUT2D eigenvalue weighted by atomic mass is 10.2. The molecular weight excluding hydrogens is 462 g/mol. The number of halogens is 4. The molecule has 0 fully saturated rings. The van der Waals surface area contributed by atoms with Crippen LogP contribution in [0.25, 0.3) is 0 Å². The third-order valence-electron chi connectivity index (χ3n) is 4.48. The summed E-state index contributed by atoms with van der Waals surface area (Å²) in [4.78, 5) is 24.2. The van der Waals surface area contributed by atoms with E-state index >= 15 is 0 Å². The van der Waals surface area contributed by atoms with Crippen molar-refractivity contribution >= 4 is 29.3 Å². The molecule has 0 unspecified atom stereocenters. The van der Waals surface area contributed by atoms with Crippen LogP contribution in [0.4, 0.5) is 23.2 Å². The predicted octanol–water partition coefficient (Wildman–Crippen LogP) is 3.68. The van der Waals surface area contributed by atoms with Crippen molar-refractivity contribution in [3.8, 4) is 0 Å². The third-order valence-corrected chi connectivity index (χ3v) is 5.50. The fraction of sp³-hybridized carbons (Fsp3) is 0.238. The number of nitrogens with zero attached hydrogens (tertiary/aromatic N) is 3. The maximum absolute atomic E-state index is 13.6. The molecule has 33 heavy (non-hydrogen) atoms. The number of rotatable bonds is 8. The molecule has 0 bridgehead atoms. The first kappa shape index (κ1) is 24.2. The SMILES string of the molecule is Cn1c(CCNC(=O)c2ccccc2F)nnc1SCC(=O)Nc1cccc(C(F)(F)F)c1. The van der Waals surface area contributed by atoms with Crippen molar-refractivity contribution in [2.45, 2.75) is 17.8 Å². The number of nitrogens with one attached hydrogen (secondary N) is 2. The van der Waals surface area contributed by atoms with Crippen LogP contribution in [0.3, 0.4) is 0 Å². The molecule has 7 nitrogen and oxygen atoms in total. The van der Waals surface area contributed by atoms with Gasteiger partial charge in [0.15, 0.2) is 5.16 Å². The fourth-order valence-corrected chi connectivity index (χ4v) is 3.55. The maximum atomic E-state index is 13.6. The summed E-state index contributed by atoms with van der Waals surface area (Å²) in [7, 11) is 1.68. The summed E-state index contributed by atoms with van der Waals surface area (Å²) in [6.45, 7) is 0.194. The lowest BCUT2D eigenvalue weighted by Gasteiger charge is -2.10. The van der Waals surface area contributed by atoms with Gasteiger partial charge in [-0.05, 0) is 30.3 Å². The number of hydrogen-bond donors (Lipinski definition) is 2. The van der Waals surface area contributed by atoms with Crippen LogP contribution in [0.15, 0.2) is 53.7 Å². The van der Waals surface area contributed by atoms with Gasteiger partial charge in [-0.2, -0.15) is 13.2 Å². The van der Waals surface area contributed by atoms with Crippen molar-refractivity contribution in [2.24, 2.45) is 7.05 Å². The highest BCUT2D eigenvalue weighted by Crippen LogP contribution is 2.30. The number of benzene rings is 2. The molecule has 2 aromatic carbocycles. The van der Waals surface area contributed by atoms with Crippen molar-refractivity contribution in [3.63, 3.8) is 0 Å². The molecule has 3 aromatic rings. The molecule has 0 saturated heterocycles. The average Bonchev–Trinajstić information content (AvgIpc) is 3.11. The van der Waals surface area contributed by atoms with E-state index in [0.29, 0.717) is 17.4 Å². The van der Waals surface area contributed by atoms with Crippen LogP contribution in [0.2, 0.25) is 0 Å². The zero-order valence-corrected chi connectivity index (χ0v) is 18.1. The molecule has 2 N–H and O–H groups in total. The standard InChI is InChI=1S/C21H19F4N5O2S/c1-30-17(9-10-26-19(32)15-7-2-3-8-16(15)22)28-29-20(30)33-12-18(31)27-14-6-4-5-13(11-14)21(23,24)25/h2-8,11H,9-10,12H2,1H3,(H,26,32)(H,27,31). The molecule has 12 heteroatoms. The first-order valence-corrected chi connectivity index (χ1v) is 10.6. The first-order valence-electron chi connectivity index (χ1n) is 9.66. The predicted molar refractivity (Wildman–Crippen MR) is 114 cm³/mol. The van der Waals surface area contributed by atoms with E-state index < -0.39 is 29.4 Å². The average molecular weight is 481 g/mol. The number of carbonyl (C=O) groups excluding carboxylic acids is 2. The van der Waals surface area contributed by atoms with Crippen molar-refractivity contribution in [3.05, 3.63) is 71.3 Å². The van der Waals surface area contributed by atoms with Crippen LogP contribution in [-0.2, 0) is 24.4 Å². The molecule has 0 radical (unpaired) electrons. The molecule has 174 valence electrons. The summed E-state index contributed by atoms with van der Waals surface area (Å²) in [6.07, 6.45) is -4.18. The lowest BCUT2D eigenvalue weighted by Crippen LogP contribution is -2.27. The van der Waals surface area contributed by atoms with Crippen molar-refractivity contribution < 1.29 is 27.2 Å². The summed E-state index contributed by atoms with van der Waals surface area (Å²) < 4.78 is 53.6. The minimum Gasteiger partial charge on any atom is -0.351 e. The largest absolute Gasteiger partial charge is 0.416 e. The van der Waals surface area contributed by atoms with Gasteiger partial charge in [-0.3, -0.25) is 9.59 Å². The van der Waals surface area contributed by atoms with E-state index in [0.717, 1.165) is 23.9 Å². The Labute approximate surface area is 190 Å². The van der Waals surface area contributed by atoms with Crippen LogP contribution in [0, 0.1) is 5.82 Å². The van der Waals surface area contributed by atoms with Gasteiger partial charge in [-0.25, -0.2) is 4.39 Å². The minimum atomic E-state index is -4.50. The number of anilines is 1. The van der Waals surface area contributed by atoms with Crippen LogP contribution in [0.5, 0.6) is 0 Å². The van der Waals surface area contributed by atoms with Crippen molar-refractivity contribution in [2.75, 3.05) is 17.6 Å². The second-order valence-corrected chi connectivity index (χ2v) is 7.80. The van der Waals surface area contributed by atoms with Crippen LogP contribution >= 0.6 is 11.8 Å². The fourth-order valence-electron chi connectivity index (χ4n) is 2.82. The number of aromatic nitrogens is 3. The quantitative estimate of drug-likeness (QED) is 0.379. The molecule has 0 aliphatic carbocycles. The van der Waals surface area contributed by atoms with Gasteiger partial charge in [-0.15, -0.1) is 10.2 Å². The zero-order chi connectivity index (χ0) is 24.0. The molecule has 0 atom stereocenters. The Bertz CT molecular complexity index is 1150. The molecule has 2 amide bonds. The summed E-state index contributed by atoms with van der Waals surface area (Å²) >= 11 is 1.06. The van der Waals surface area contributed by atoms with E-state index in [1.165, 1.54) is 30.3 Å². The third kappa shape index (κ3) is 6.54. The van der Waals surface area contributed by atoms with E-state index in [-0.39, 0.29) is 23.5 Å².